The SMILES string of the molecule is CC(C)(C)OC(=O)N1CCC[C@H]1CCCO. The summed E-state index contributed by atoms with van der Waals surface area (Å²) in [4.78, 5) is 13.7. The number of hydrogen-bond donors (Lipinski definition) is 1. The van der Waals surface area contributed by atoms with Gasteiger partial charge in [0.25, 0.3) is 0 Å². The zero-order valence-corrected chi connectivity index (χ0v) is 10.5. The third kappa shape index (κ3) is 4.00. The van der Waals surface area contributed by atoms with Crippen molar-refractivity contribution in [3.8, 4) is 0 Å². The molecule has 1 rings (SSSR count). The second kappa shape index (κ2) is 5.53. The maximum atomic E-state index is 11.9. The molecule has 1 fully saturated rings. The average Bonchev–Trinajstić information content (AvgIpc) is 2.59. The molecule has 1 amide bonds. The Labute approximate surface area is 97.6 Å². The van der Waals surface area contributed by atoms with Crippen LogP contribution in [-0.2, 0) is 4.74 Å². The van der Waals surface area contributed by atoms with Gasteiger partial charge >= 0.3 is 6.09 Å². The standard InChI is InChI=1S/C12H23NO3/c1-12(2,3)16-11(15)13-8-4-6-10(13)7-5-9-14/h10,14H,4-9H2,1-3H3/t10-/m0/s1. The molecule has 0 aromatic heterocycles. The molecule has 0 spiro atoms. The first kappa shape index (κ1) is 13.3. The van der Waals surface area contributed by atoms with Crippen molar-refractivity contribution in [3.63, 3.8) is 0 Å². The van der Waals surface area contributed by atoms with Crippen molar-refractivity contribution in [2.45, 2.75) is 58.1 Å². The molecule has 16 heavy (non-hydrogen) atoms. The lowest BCUT2D eigenvalue weighted by Gasteiger charge is -2.28. The van der Waals surface area contributed by atoms with Gasteiger partial charge in [-0.2, -0.15) is 0 Å². The highest BCUT2D eigenvalue weighted by atomic mass is 16.6. The number of nitrogens with zero attached hydrogens (tertiary/aromatic N) is 1. The van der Waals surface area contributed by atoms with Crippen molar-refractivity contribution in [2.75, 3.05) is 13.2 Å². The minimum atomic E-state index is -0.429. The lowest BCUT2D eigenvalue weighted by atomic mass is 10.1. The molecule has 0 aromatic carbocycles. The summed E-state index contributed by atoms with van der Waals surface area (Å²) in [6, 6.07) is 0.252. The van der Waals surface area contributed by atoms with E-state index in [0.717, 1.165) is 32.2 Å². The molecule has 0 bridgehead atoms. The molecule has 0 unspecified atom stereocenters. The first-order valence-electron chi connectivity index (χ1n) is 6.04. The number of rotatable bonds is 3. The molecule has 1 aliphatic heterocycles. The van der Waals surface area contributed by atoms with E-state index < -0.39 is 5.60 Å². The topological polar surface area (TPSA) is 49.8 Å². The number of aliphatic hydroxyl groups is 1. The molecule has 0 radical (unpaired) electrons. The normalized spacial score (nSPS) is 21.2. The van der Waals surface area contributed by atoms with Crippen LogP contribution in [-0.4, -0.2) is 40.9 Å². The van der Waals surface area contributed by atoms with Crippen LogP contribution in [0.25, 0.3) is 0 Å². The van der Waals surface area contributed by atoms with Gasteiger partial charge in [0.05, 0.1) is 0 Å². The number of ether oxygens (including phenoxy) is 1. The van der Waals surface area contributed by atoms with Gasteiger partial charge in [0.1, 0.15) is 5.60 Å². The predicted molar refractivity (Wildman–Crippen MR) is 62.3 cm³/mol. The fourth-order valence-corrected chi connectivity index (χ4v) is 2.02. The Morgan fingerprint density at radius 2 is 2.19 bits per heavy atom. The third-order valence-electron chi connectivity index (χ3n) is 2.70. The van der Waals surface area contributed by atoms with Crippen LogP contribution in [0.2, 0.25) is 0 Å². The van der Waals surface area contributed by atoms with Crippen molar-refractivity contribution in [1.82, 2.24) is 4.90 Å². The highest BCUT2D eigenvalue weighted by molar-refractivity contribution is 5.68. The molecule has 4 heteroatoms. The summed E-state index contributed by atoms with van der Waals surface area (Å²) in [5.74, 6) is 0. The van der Waals surface area contributed by atoms with Gasteiger partial charge in [0, 0.05) is 19.2 Å². The van der Waals surface area contributed by atoms with Gasteiger partial charge in [0.15, 0.2) is 0 Å². The van der Waals surface area contributed by atoms with E-state index in [0.29, 0.717) is 0 Å². The smallest absolute Gasteiger partial charge is 0.410 e. The van der Waals surface area contributed by atoms with Gasteiger partial charge in [-0.1, -0.05) is 0 Å². The summed E-state index contributed by atoms with van der Waals surface area (Å²) in [5.41, 5.74) is -0.429. The summed E-state index contributed by atoms with van der Waals surface area (Å²) >= 11 is 0. The van der Waals surface area contributed by atoms with Crippen LogP contribution >= 0.6 is 0 Å². The second-order valence-corrected chi connectivity index (χ2v) is 5.34. The highest BCUT2D eigenvalue weighted by Crippen LogP contribution is 2.23. The van der Waals surface area contributed by atoms with E-state index in [9.17, 15) is 4.79 Å². The maximum Gasteiger partial charge on any atom is 0.410 e. The minimum absolute atomic E-state index is 0.193. The zero-order chi connectivity index (χ0) is 12.2. The molecule has 4 nitrogen and oxygen atoms in total. The van der Waals surface area contributed by atoms with E-state index in [1.54, 1.807) is 4.90 Å². The summed E-state index contributed by atoms with van der Waals surface area (Å²) in [6.45, 7) is 6.61. The van der Waals surface area contributed by atoms with Gasteiger partial charge in [-0.25, -0.2) is 4.79 Å². The van der Waals surface area contributed by atoms with Crippen LogP contribution in [0.1, 0.15) is 46.5 Å². The van der Waals surface area contributed by atoms with Crippen LogP contribution in [0.4, 0.5) is 4.79 Å². The van der Waals surface area contributed by atoms with Crippen LogP contribution in [0.3, 0.4) is 0 Å². The molecule has 1 saturated heterocycles. The van der Waals surface area contributed by atoms with Crippen molar-refractivity contribution < 1.29 is 14.6 Å². The van der Waals surface area contributed by atoms with Crippen molar-refractivity contribution in [1.29, 1.82) is 0 Å². The molecule has 1 N–H and O–H groups in total. The molecule has 1 atom stereocenters. The van der Waals surface area contributed by atoms with Crippen molar-refractivity contribution >= 4 is 6.09 Å². The first-order valence-corrected chi connectivity index (χ1v) is 6.04. The van der Waals surface area contributed by atoms with Crippen LogP contribution < -0.4 is 0 Å². The fourth-order valence-electron chi connectivity index (χ4n) is 2.02. The summed E-state index contributed by atoms with van der Waals surface area (Å²) in [5, 5.41) is 8.80. The minimum Gasteiger partial charge on any atom is -0.444 e. The van der Waals surface area contributed by atoms with Crippen LogP contribution in [0.5, 0.6) is 0 Å². The van der Waals surface area contributed by atoms with Gasteiger partial charge in [0.2, 0.25) is 0 Å². The van der Waals surface area contributed by atoms with E-state index >= 15 is 0 Å². The van der Waals surface area contributed by atoms with Crippen molar-refractivity contribution in [2.24, 2.45) is 0 Å². The second-order valence-electron chi connectivity index (χ2n) is 5.34. The number of aliphatic hydroxyl groups excluding tert-OH is 1. The van der Waals surface area contributed by atoms with Gasteiger partial charge in [-0.05, 0) is 46.5 Å². The number of hydrogen-bond acceptors (Lipinski definition) is 3. The number of carbonyl (C=O) groups is 1. The van der Waals surface area contributed by atoms with Crippen LogP contribution in [0.15, 0.2) is 0 Å². The molecular formula is C12H23NO3. The Balaban J connectivity index is 2.47. The Morgan fingerprint density at radius 3 is 2.75 bits per heavy atom. The van der Waals surface area contributed by atoms with Crippen LogP contribution in [0, 0.1) is 0 Å². The quantitative estimate of drug-likeness (QED) is 0.806. The molecular weight excluding hydrogens is 206 g/mol. The van der Waals surface area contributed by atoms with Gasteiger partial charge in [-0.3, -0.25) is 0 Å². The van der Waals surface area contributed by atoms with Gasteiger partial charge in [-0.15, -0.1) is 0 Å². The van der Waals surface area contributed by atoms with E-state index in [1.165, 1.54) is 0 Å². The Kier molecular flexibility index (Phi) is 4.59. The molecule has 1 heterocycles. The fraction of sp³-hybridized carbons (Fsp3) is 0.917. The first-order chi connectivity index (χ1) is 7.44. The molecule has 0 saturated carbocycles. The average molecular weight is 229 g/mol. The molecule has 1 aliphatic rings. The predicted octanol–water partition coefficient (Wildman–Crippen LogP) is 2.16. The van der Waals surface area contributed by atoms with E-state index in [1.807, 2.05) is 20.8 Å². The van der Waals surface area contributed by atoms with Gasteiger partial charge < -0.3 is 14.7 Å². The van der Waals surface area contributed by atoms with Crippen molar-refractivity contribution in [3.05, 3.63) is 0 Å². The van der Waals surface area contributed by atoms with E-state index in [-0.39, 0.29) is 18.7 Å². The van der Waals surface area contributed by atoms with E-state index in [4.69, 9.17) is 9.84 Å². The summed E-state index contributed by atoms with van der Waals surface area (Å²) < 4.78 is 5.36. The van der Waals surface area contributed by atoms with E-state index in [2.05, 4.69) is 0 Å². The molecule has 0 aliphatic carbocycles. The number of likely N-dealkylation sites (tertiary alicyclic amines) is 1. The zero-order valence-electron chi connectivity index (χ0n) is 10.5. The lowest BCUT2D eigenvalue weighted by Crippen LogP contribution is -2.39. The summed E-state index contributed by atoms with van der Waals surface area (Å²) in [6.07, 6.45) is 3.47. The number of carbonyl (C=O) groups excluding carboxylic acids is 1. The molecule has 94 valence electrons. The molecule has 0 aromatic rings. The Bertz CT molecular complexity index is 235. The summed E-state index contributed by atoms with van der Waals surface area (Å²) in [7, 11) is 0. The monoisotopic (exact) mass is 229 g/mol. The number of amides is 1. The largest absolute Gasteiger partial charge is 0.444 e. The highest BCUT2D eigenvalue weighted by Gasteiger charge is 2.31. The lowest BCUT2D eigenvalue weighted by molar-refractivity contribution is 0.0215. The maximum absolute atomic E-state index is 11.9. The Morgan fingerprint density at radius 1 is 1.50 bits per heavy atom. The Hall–Kier alpha value is -0.770. The third-order valence-corrected chi connectivity index (χ3v) is 2.70.